The zero-order chi connectivity index (χ0) is 14.1. The molecule has 3 rings (SSSR count). The Kier molecular flexibility index (Phi) is 3.51. The number of benzene rings is 2. The summed E-state index contributed by atoms with van der Waals surface area (Å²) < 4.78 is 6.80. The van der Waals surface area contributed by atoms with Crippen LogP contribution in [-0.2, 0) is 0 Å². The lowest BCUT2D eigenvalue weighted by Gasteiger charge is -2.10. The van der Waals surface area contributed by atoms with Crippen molar-refractivity contribution < 1.29 is 4.74 Å². The number of fused-ring (bicyclic) bond motifs is 1. The number of hydrogen-bond donors (Lipinski definition) is 1. The topological polar surface area (TPSA) is 48.1 Å². The number of nitrogens with two attached hydrogens (primary N) is 1. The molecule has 0 aliphatic rings. The molecular weight excluding hydrogens is 340 g/mol. The van der Waals surface area contributed by atoms with Crippen molar-refractivity contribution in [1.29, 1.82) is 0 Å². The van der Waals surface area contributed by atoms with Gasteiger partial charge in [-0.25, -0.2) is 4.98 Å². The van der Waals surface area contributed by atoms with Gasteiger partial charge in [0.15, 0.2) is 5.75 Å². The Morgan fingerprint density at radius 1 is 1.10 bits per heavy atom. The normalized spacial score (nSPS) is 10.7. The van der Waals surface area contributed by atoms with E-state index in [1.807, 2.05) is 24.3 Å². The van der Waals surface area contributed by atoms with Gasteiger partial charge in [-0.3, -0.25) is 0 Å². The number of anilines is 1. The van der Waals surface area contributed by atoms with Crippen molar-refractivity contribution in [2.24, 2.45) is 0 Å². The van der Waals surface area contributed by atoms with E-state index in [9.17, 15) is 0 Å². The second-order valence-corrected chi connectivity index (χ2v) is 5.53. The molecule has 1 heterocycles. The fourth-order valence-electron chi connectivity index (χ4n) is 1.92. The largest absolute Gasteiger partial charge is 0.436 e. The predicted octanol–water partition coefficient (Wildman–Crippen LogP) is 5.03. The summed E-state index contributed by atoms with van der Waals surface area (Å²) in [5.41, 5.74) is 6.41. The predicted molar refractivity (Wildman–Crippen MR) is 85.4 cm³/mol. The van der Waals surface area contributed by atoms with Crippen LogP contribution in [0.15, 0.2) is 53.1 Å². The van der Waals surface area contributed by atoms with Gasteiger partial charge in [-0.2, -0.15) is 0 Å². The van der Waals surface area contributed by atoms with E-state index in [0.29, 0.717) is 22.3 Å². The Balaban J connectivity index is 2.11. The third kappa shape index (κ3) is 2.44. The fraction of sp³-hybridized carbons (Fsp3) is 0. The first kappa shape index (κ1) is 13.2. The summed E-state index contributed by atoms with van der Waals surface area (Å²) in [6.45, 7) is 0. The van der Waals surface area contributed by atoms with Crippen LogP contribution in [0.5, 0.6) is 11.6 Å². The molecule has 0 amide bonds. The summed E-state index contributed by atoms with van der Waals surface area (Å²) in [5.74, 6) is 0.996. The monoisotopic (exact) mass is 348 g/mol. The average molecular weight is 350 g/mol. The number of hydrogen-bond acceptors (Lipinski definition) is 3. The number of nitrogen functional groups attached to an aromatic ring is 1. The molecule has 1 aromatic heterocycles. The summed E-state index contributed by atoms with van der Waals surface area (Å²) >= 11 is 9.48. The van der Waals surface area contributed by atoms with Crippen LogP contribution in [0.2, 0.25) is 5.02 Å². The highest BCUT2D eigenvalue weighted by Crippen LogP contribution is 2.34. The van der Waals surface area contributed by atoms with Crippen molar-refractivity contribution in [2.45, 2.75) is 0 Å². The Labute approximate surface area is 129 Å². The van der Waals surface area contributed by atoms with E-state index < -0.39 is 0 Å². The van der Waals surface area contributed by atoms with Gasteiger partial charge >= 0.3 is 0 Å². The fourth-order valence-corrected chi connectivity index (χ4v) is 2.58. The zero-order valence-corrected chi connectivity index (χ0v) is 12.6. The van der Waals surface area contributed by atoms with E-state index in [4.69, 9.17) is 22.1 Å². The molecule has 0 radical (unpaired) electrons. The standard InChI is InChI=1S/C15H10BrClN2O/c16-12-3-1-2-11-10(12)6-7-19-15(11)20-14-8-9(17)4-5-13(14)18/h1-8H,18H2. The molecule has 0 fully saturated rings. The second kappa shape index (κ2) is 5.31. The molecule has 100 valence electrons. The molecule has 0 aliphatic heterocycles. The molecule has 0 unspecified atom stereocenters. The molecular formula is C15H10BrClN2O. The van der Waals surface area contributed by atoms with Gasteiger partial charge in [-0.15, -0.1) is 0 Å². The van der Waals surface area contributed by atoms with Gasteiger partial charge in [0, 0.05) is 32.5 Å². The van der Waals surface area contributed by atoms with E-state index in [1.165, 1.54) is 0 Å². The SMILES string of the molecule is Nc1ccc(Cl)cc1Oc1nccc2c(Br)cccc12. The molecule has 0 aliphatic carbocycles. The molecule has 5 heteroatoms. The third-order valence-electron chi connectivity index (χ3n) is 2.90. The number of pyridine rings is 1. The third-order valence-corrected chi connectivity index (χ3v) is 3.83. The summed E-state index contributed by atoms with van der Waals surface area (Å²) in [6, 6.07) is 12.9. The molecule has 0 saturated carbocycles. The quantitative estimate of drug-likeness (QED) is 0.660. The minimum absolute atomic E-state index is 0.498. The molecule has 2 aromatic carbocycles. The lowest BCUT2D eigenvalue weighted by molar-refractivity contribution is 0.471. The van der Waals surface area contributed by atoms with Gasteiger partial charge in [-0.1, -0.05) is 33.6 Å². The van der Waals surface area contributed by atoms with E-state index in [2.05, 4.69) is 20.9 Å². The van der Waals surface area contributed by atoms with Crippen molar-refractivity contribution >= 4 is 44.0 Å². The van der Waals surface area contributed by atoms with E-state index >= 15 is 0 Å². The smallest absolute Gasteiger partial charge is 0.227 e. The zero-order valence-electron chi connectivity index (χ0n) is 10.3. The second-order valence-electron chi connectivity index (χ2n) is 4.24. The van der Waals surface area contributed by atoms with E-state index in [-0.39, 0.29) is 0 Å². The maximum Gasteiger partial charge on any atom is 0.227 e. The number of halogens is 2. The van der Waals surface area contributed by atoms with Crippen LogP contribution in [0.3, 0.4) is 0 Å². The molecule has 20 heavy (non-hydrogen) atoms. The highest BCUT2D eigenvalue weighted by molar-refractivity contribution is 9.10. The lowest BCUT2D eigenvalue weighted by atomic mass is 10.2. The van der Waals surface area contributed by atoms with Crippen LogP contribution in [-0.4, -0.2) is 4.98 Å². The Hall–Kier alpha value is -1.78. The van der Waals surface area contributed by atoms with Crippen LogP contribution >= 0.6 is 27.5 Å². The molecule has 0 atom stereocenters. The first-order chi connectivity index (χ1) is 9.65. The van der Waals surface area contributed by atoms with Crippen LogP contribution in [0.25, 0.3) is 10.8 Å². The summed E-state index contributed by atoms with van der Waals surface area (Å²) in [6.07, 6.45) is 1.70. The summed E-state index contributed by atoms with van der Waals surface area (Å²) in [5, 5.41) is 2.50. The van der Waals surface area contributed by atoms with Gasteiger partial charge in [-0.05, 0) is 30.3 Å². The van der Waals surface area contributed by atoms with Gasteiger partial charge in [0.2, 0.25) is 5.88 Å². The number of nitrogens with zero attached hydrogens (tertiary/aromatic N) is 1. The molecule has 2 N–H and O–H groups in total. The minimum Gasteiger partial charge on any atom is -0.436 e. The molecule has 0 bridgehead atoms. The van der Waals surface area contributed by atoms with Crippen molar-refractivity contribution in [3.05, 3.63) is 58.2 Å². The van der Waals surface area contributed by atoms with Gasteiger partial charge in [0.1, 0.15) is 0 Å². The number of rotatable bonds is 2. The molecule has 3 aromatic rings. The van der Waals surface area contributed by atoms with E-state index in [0.717, 1.165) is 15.2 Å². The van der Waals surface area contributed by atoms with E-state index in [1.54, 1.807) is 24.4 Å². The van der Waals surface area contributed by atoms with Crippen LogP contribution in [0.1, 0.15) is 0 Å². The highest BCUT2D eigenvalue weighted by atomic mass is 79.9. The lowest BCUT2D eigenvalue weighted by Crippen LogP contribution is -1.94. The van der Waals surface area contributed by atoms with Crippen molar-refractivity contribution in [3.8, 4) is 11.6 Å². The highest BCUT2D eigenvalue weighted by Gasteiger charge is 2.09. The number of aromatic nitrogens is 1. The summed E-state index contributed by atoms with van der Waals surface area (Å²) in [4.78, 5) is 4.27. The molecule has 0 spiro atoms. The van der Waals surface area contributed by atoms with Crippen molar-refractivity contribution in [2.75, 3.05) is 5.73 Å². The van der Waals surface area contributed by atoms with Gasteiger partial charge in [0.25, 0.3) is 0 Å². The van der Waals surface area contributed by atoms with Crippen molar-refractivity contribution in [1.82, 2.24) is 4.98 Å². The summed E-state index contributed by atoms with van der Waals surface area (Å²) in [7, 11) is 0. The van der Waals surface area contributed by atoms with Crippen LogP contribution in [0.4, 0.5) is 5.69 Å². The average Bonchev–Trinajstić information content (AvgIpc) is 2.44. The maximum atomic E-state index is 5.96. The van der Waals surface area contributed by atoms with Crippen molar-refractivity contribution in [3.63, 3.8) is 0 Å². The first-order valence-electron chi connectivity index (χ1n) is 5.91. The Morgan fingerprint density at radius 3 is 2.80 bits per heavy atom. The number of ether oxygens (including phenoxy) is 1. The molecule has 3 nitrogen and oxygen atoms in total. The maximum absolute atomic E-state index is 5.96. The van der Waals surface area contributed by atoms with Crippen LogP contribution < -0.4 is 10.5 Å². The van der Waals surface area contributed by atoms with Crippen LogP contribution in [0, 0.1) is 0 Å². The minimum atomic E-state index is 0.498. The van der Waals surface area contributed by atoms with Gasteiger partial charge < -0.3 is 10.5 Å². The van der Waals surface area contributed by atoms with Gasteiger partial charge in [0.05, 0.1) is 5.69 Å². The first-order valence-corrected chi connectivity index (χ1v) is 7.08. The Bertz CT molecular complexity index is 792. The Morgan fingerprint density at radius 2 is 1.95 bits per heavy atom. The molecule has 0 saturated heterocycles.